The number of hydrogen-bond donors (Lipinski definition) is 1. The number of carboxylic acid groups (broad SMARTS) is 1. The first-order valence-electron chi connectivity index (χ1n) is 5.01. The highest BCUT2D eigenvalue weighted by atomic mass is 16.5. The quantitative estimate of drug-likeness (QED) is 0.793. The fraction of sp³-hybridized carbons (Fsp3) is 0.333. The van der Waals surface area contributed by atoms with E-state index in [-0.39, 0.29) is 11.4 Å². The number of nitrogens with zero attached hydrogens (tertiary/aromatic N) is 1. The summed E-state index contributed by atoms with van der Waals surface area (Å²) in [6.07, 6.45) is 3.63. The third-order valence-corrected chi connectivity index (χ3v) is 2.08. The summed E-state index contributed by atoms with van der Waals surface area (Å²) < 4.78 is 5.32. The molecule has 0 saturated heterocycles. The van der Waals surface area contributed by atoms with Gasteiger partial charge in [0.25, 0.3) is 0 Å². The Kier molecular flexibility index (Phi) is 4.05. The van der Waals surface area contributed by atoms with Crippen molar-refractivity contribution in [2.45, 2.75) is 20.8 Å². The Morgan fingerprint density at radius 3 is 2.81 bits per heavy atom. The van der Waals surface area contributed by atoms with Crippen molar-refractivity contribution in [1.82, 2.24) is 4.98 Å². The van der Waals surface area contributed by atoms with Gasteiger partial charge in [0.15, 0.2) is 0 Å². The SMILES string of the molecule is CC=CCOc1nc(C)cc(C)c1C(=O)O. The summed E-state index contributed by atoms with van der Waals surface area (Å²) in [5.74, 6) is -0.830. The van der Waals surface area contributed by atoms with Crippen LogP contribution in [-0.4, -0.2) is 22.7 Å². The van der Waals surface area contributed by atoms with E-state index in [0.29, 0.717) is 12.2 Å². The molecule has 0 amide bonds. The van der Waals surface area contributed by atoms with Gasteiger partial charge in [-0.25, -0.2) is 9.78 Å². The molecule has 4 nitrogen and oxygen atoms in total. The molecule has 0 aromatic carbocycles. The average Bonchev–Trinajstić information content (AvgIpc) is 2.16. The molecule has 0 aliphatic rings. The molecule has 0 aliphatic carbocycles. The van der Waals surface area contributed by atoms with Gasteiger partial charge in [0.05, 0.1) is 0 Å². The van der Waals surface area contributed by atoms with Crippen LogP contribution >= 0.6 is 0 Å². The van der Waals surface area contributed by atoms with Crippen LogP contribution in [0.5, 0.6) is 5.88 Å². The van der Waals surface area contributed by atoms with Gasteiger partial charge >= 0.3 is 5.97 Å². The number of aromatic carboxylic acids is 1. The van der Waals surface area contributed by atoms with E-state index < -0.39 is 5.97 Å². The molecule has 1 rings (SSSR count). The fourth-order valence-corrected chi connectivity index (χ4v) is 1.39. The number of allylic oxidation sites excluding steroid dienone is 1. The highest BCUT2D eigenvalue weighted by Gasteiger charge is 2.16. The molecular weight excluding hydrogens is 206 g/mol. The molecule has 1 aromatic heterocycles. The van der Waals surface area contributed by atoms with Crippen LogP contribution in [0.25, 0.3) is 0 Å². The van der Waals surface area contributed by atoms with Crippen LogP contribution in [0.3, 0.4) is 0 Å². The Morgan fingerprint density at radius 1 is 1.56 bits per heavy atom. The van der Waals surface area contributed by atoms with E-state index >= 15 is 0 Å². The van der Waals surface area contributed by atoms with Gasteiger partial charge in [0, 0.05) is 5.69 Å². The number of aryl methyl sites for hydroxylation is 2. The molecule has 1 N–H and O–H groups in total. The van der Waals surface area contributed by atoms with Crippen molar-refractivity contribution in [1.29, 1.82) is 0 Å². The molecule has 0 aliphatic heterocycles. The summed E-state index contributed by atoms with van der Waals surface area (Å²) in [6.45, 7) is 5.74. The van der Waals surface area contributed by atoms with Crippen molar-refractivity contribution in [2.24, 2.45) is 0 Å². The minimum Gasteiger partial charge on any atom is -0.477 e. The predicted octanol–water partition coefficient (Wildman–Crippen LogP) is 2.35. The van der Waals surface area contributed by atoms with Gasteiger partial charge in [-0.3, -0.25) is 0 Å². The minimum atomic E-state index is -1.01. The number of carboxylic acids is 1. The van der Waals surface area contributed by atoms with Crippen LogP contribution < -0.4 is 4.74 Å². The molecular formula is C12H15NO3. The third-order valence-electron chi connectivity index (χ3n) is 2.08. The van der Waals surface area contributed by atoms with Crippen molar-refractivity contribution < 1.29 is 14.6 Å². The van der Waals surface area contributed by atoms with Crippen LogP contribution in [0, 0.1) is 13.8 Å². The second-order valence-electron chi connectivity index (χ2n) is 3.45. The highest BCUT2D eigenvalue weighted by Crippen LogP contribution is 2.20. The lowest BCUT2D eigenvalue weighted by Gasteiger charge is -2.09. The highest BCUT2D eigenvalue weighted by molar-refractivity contribution is 5.91. The molecule has 0 fully saturated rings. The first-order chi connectivity index (χ1) is 7.56. The van der Waals surface area contributed by atoms with Gasteiger partial charge in [0.1, 0.15) is 12.2 Å². The Balaban J connectivity index is 3.08. The Morgan fingerprint density at radius 2 is 2.25 bits per heavy atom. The number of pyridine rings is 1. The van der Waals surface area contributed by atoms with Crippen molar-refractivity contribution in [2.75, 3.05) is 6.61 Å². The number of carbonyl (C=O) groups is 1. The molecule has 0 saturated carbocycles. The Labute approximate surface area is 94.6 Å². The lowest BCUT2D eigenvalue weighted by atomic mass is 10.1. The first kappa shape index (κ1) is 12.2. The topological polar surface area (TPSA) is 59.4 Å². The molecule has 0 bridgehead atoms. The molecule has 0 radical (unpaired) electrons. The van der Waals surface area contributed by atoms with Gasteiger partial charge in [-0.05, 0) is 32.4 Å². The van der Waals surface area contributed by atoms with E-state index in [4.69, 9.17) is 9.84 Å². The van der Waals surface area contributed by atoms with E-state index in [0.717, 1.165) is 5.69 Å². The van der Waals surface area contributed by atoms with E-state index in [1.807, 2.05) is 13.0 Å². The van der Waals surface area contributed by atoms with Crippen molar-refractivity contribution in [3.63, 3.8) is 0 Å². The lowest BCUT2D eigenvalue weighted by molar-refractivity contribution is 0.0691. The maximum absolute atomic E-state index is 11.0. The number of ether oxygens (including phenoxy) is 1. The van der Waals surface area contributed by atoms with Gasteiger partial charge in [-0.2, -0.15) is 0 Å². The zero-order valence-electron chi connectivity index (χ0n) is 9.65. The fourth-order valence-electron chi connectivity index (χ4n) is 1.39. The second-order valence-corrected chi connectivity index (χ2v) is 3.45. The monoisotopic (exact) mass is 221 g/mol. The predicted molar refractivity (Wildman–Crippen MR) is 61.0 cm³/mol. The molecule has 4 heteroatoms. The molecule has 1 aromatic rings. The summed E-state index contributed by atoms with van der Waals surface area (Å²) in [4.78, 5) is 15.1. The van der Waals surface area contributed by atoms with E-state index in [9.17, 15) is 4.79 Å². The van der Waals surface area contributed by atoms with Crippen molar-refractivity contribution >= 4 is 5.97 Å². The van der Waals surface area contributed by atoms with Gasteiger partial charge < -0.3 is 9.84 Å². The molecule has 86 valence electrons. The minimum absolute atomic E-state index is 0.134. The smallest absolute Gasteiger partial charge is 0.341 e. The molecule has 0 unspecified atom stereocenters. The summed E-state index contributed by atoms with van der Waals surface area (Å²) in [7, 11) is 0. The lowest BCUT2D eigenvalue weighted by Crippen LogP contribution is -2.08. The van der Waals surface area contributed by atoms with Gasteiger partial charge in [-0.15, -0.1) is 0 Å². The van der Waals surface area contributed by atoms with Gasteiger partial charge in [-0.1, -0.05) is 12.2 Å². The normalized spacial score (nSPS) is 10.7. The number of hydrogen-bond acceptors (Lipinski definition) is 3. The molecule has 1 heterocycles. The summed E-state index contributed by atoms with van der Waals surface area (Å²) >= 11 is 0. The van der Waals surface area contributed by atoms with E-state index in [1.165, 1.54) is 0 Å². The molecule has 0 spiro atoms. The Bertz CT molecular complexity index is 425. The van der Waals surface area contributed by atoms with Crippen LogP contribution in [0.4, 0.5) is 0 Å². The Hall–Kier alpha value is -1.84. The zero-order valence-corrected chi connectivity index (χ0v) is 9.65. The average molecular weight is 221 g/mol. The third kappa shape index (κ3) is 2.82. The largest absolute Gasteiger partial charge is 0.477 e. The maximum Gasteiger partial charge on any atom is 0.341 e. The van der Waals surface area contributed by atoms with Crippen molar-refractivity contribution in [3.05, 3.63) is 35.0 Å². The van der Waals surface area contributed by atoms with Crippen LogP contribution in [-0.2, 0) is 0 Å². The van der Waals surface area contributed by atoms with Crippen LogP contribution in [0.1, 0.15) is 28.5 Å². The zero-order chi connectivity index (χ0) is 12.1. The summed E-state index contributed by atoms with van der Waals surface area (Å²) in [5.41, 5.74) is 1.54. The van der Waals surface area contributed by atoms with Crippen molar-refractivity contribution in [3.8, 4) is 5.88 Å². The molecule has 16 heavy (non-hydrogen) atoms. The van der Waals surface area contributed by atoms with Crippen LogP contribution in [0.2, 0.25) is 0 Å². The first-order valence-corrected chi connectivity index (χ1v) is 5.01. The van der Waals surface area contributed by atoms with Crippen LogP contribution in [0.15, 0.2) is 18.2 Å². The molecule has 0 atom stereocenters. The van der Waals surface area contributed by atoms with E-state index in [1.54, 1.807) is 26.0 Å². The summed E-state index contributed by atoms with van der Waals surface area (Å²) in [6, 6.07) is 1.73. The number of rotatable bonds is 4. The maximum atomic E-state index is 11.0. The summed E-state index contributed by atoms with van der Waals surface area (Å²) in [5, 5.41) is 9.06. The number of aromatic nitrogens is 1. The van der Waals surface area contributed by atoms with Gasteiger partial charge in [0.2, 0.25) is 5.88 Å². The second kappa shape index (κ2) is 5.30. The standard InChI is InChI=1S/C12H15NO3/c1-4-5-6-16-11-10(12(14)15)8(2)7-9(3)13-11/h4-5,7H,6H2,1-3H3,(H,14,15). The van der Waals surface area contributed by atoms with E-state index in [2.05, 4.69) is 4.98 Å².